The first-order chi connectivity index (χ1) is 8.22. The minimum Gasteiger partial charge on any atom is -0.348 e. The van der Waals surface area contributed by atoms with Crippen molar-refractivity contribution in [1.29, 1.82) is 0 Å². The Morgan fingerprint density at radius 3 is 3.35 bits per heavy atom. The molecule has 3 nitrogen and oxygen atoms in total. The average molecular weight is 250 g/mol. The van der Waals surface area contributed by atoms with E-state index < -0.39 is 6.04 Å². The molecule has 2 unspecified atom stereocenters. The lowest BCUT2D eigenvalue weighted by molar-refractivity contribution is -0.123. The van der Waals surface area contributed by atoms with Crippen LogP contribution in [-0.4, -0.2) is 11.9 Å². The predicted molar refractivity (Wildman–Crippen MR) is 70.9 cm³/mol. The molecule has 1 aromatic rings. The van der Waals surface area contributed by atoms with Gasteiger partial charge >= 0.3 is 0 Å². The quantitative estimate of drug-likeness (QED) is 0.804. The van der Waals surface area contributed by atoms with Crippen molar-refractivity contribution >= 4 is 17.2 Å². The molecule has 17 heavy (non-hydrogen) atoms. The molecular weight excluding hydrogens is 232 g/mol. The molecule has 1 aromatic heterocycles. The summed E-state index contributed by atoms with van der Waals surface area (Å²) < 4.78 is 0. The van der Waals surface area contributed by atoms with Gasteiger partial charge in [-0.05, 0) is 42.7 Å². The van der Waals surface area contributed by atoms with Gasteiger partial charge in [-0.2, -0.15) is 0 Å². The Kier molecular flexibility index (Phi) is 3.97. The molecule has 4 heteroatoms. The van der Waals surface area contributed by atoms with Crippen molar-refractivity contribution in [3.63, 3.8) is 0 Å². The van der Waals surface area contributed by atoms with Crippen LogP contribution >= 0.6 is 11.3 Å². The summed E-state index contributed by atoms with van der Waals surface area (Å²) in [5.74, 6) is -0.0750. The number of hydrogen-bond acceptors (Lipinski definition) is 3. The first-order valence-corrected chi connectivity index (χ1v) is 6.83. The van der Waals surface area contributed by atoms with Crippen LogP contribution in [0.3, 0.4) is 0 Å². The van der Waals surface area contributed by atoms with E-state index in [0.29, 0.717) is 6.42 Å². The Morgan fingerprint density at radius 1 is 1.76 bits per heavy atom. The molecule has 92 valence electrons. The van der Waals surface area contributed by atoms with Crippen molar-refractivity contribution in [2.24, 2.45) is 5.73 Å². The second-order valence-corrected chi connectivity index (χ2v) is 5.38. The van der Waals surface area contributed by atoms with Gasteiger partial charge < -0.3 is 11.1 Å². The second-order valence-electron chi connectivity index (χ2n) is 4.38. The van der Waals surface area contributed by atoms with Gasteiger partial charge in [0.1, 0.15) is 0 Å². The fourth-order valence-electron chi connectivity index (χ4n) is 2.20. The summed E-state index contributed by atoms with van der Waals surface area (Å²) in [5, 5.41) is 5.14. The van der Waals surface area contributed by atoms with Gasteiger partial charge in [0.25, 0.3) is 0 Å². The molecule has 0 radical (unpaired) electrons. The number of nitrogens with two attached hydrogens (primary N) is 1. The third-order valence-electron chi connectivity index (χ3n) is 3.13. The number of carbonyl (C=O) groups is 1. The first-order valence-electron chi connectivity index (χ1n) is 5.95. The van der Waals surface area contributed by atoms with E-state index in [2.05, 4.69) is 23.3 Å². The highest BCUT2D eigenvalue weighted by molar-refractivity contribution is 7.10. The standard InChI is InChI=1S/C13H18N2OS/c1-2-4-10(14)13(16)15-11-5-3-6-12-9(11)7-8-17-12/h2,7-8,10-11H,1,3-6,14H2,(H,15,16). The van der Waals surface area contributed by atoms with Crippen molar-refractivity contribution in [2.75, 3.05) is 0 Å². The highest BCUT2D eigenvalue weighted by Crippen LogP contribution is 2.33. The molecule has 2 rings (SSSR count). The Labute approximate surface area is 106 Å². The summed E-state index contributed by atoms with van der Waals surface area (Å²) in [7, 11) is 0. The van der Waals surface area contributed by atoms with Gasteiger partial charge in [-0.25, -0.2) is 0 Å². The highest BCUT2D eigenvalue weighted by atomic mass is 32.1. The van der Waals surface area contributed by atoms with E-state index >= 15 is 0 Å². The number of nitrogens with one attached hydrogen (secondary N) is 1. The van der Waals surface area contributed by atoms with Crippen LogP contribution in [0.1, 0.15) is 35.7 Å². The maximum Gasteiger partial charge on any atom is 0.237 e. The normalized spacial score (nSPS) is 20.4. The molecule has 2 atom stereocenters. The number of carbonyl (C=O) groups excluding carboxylic acids is 1. The van der Waals surface area contributed by atoms with Crippen LogP contribution in [0.4, 0.5) is 0 Å². The summed E-state index contributed by atoms with van der Waals surface area (Å²) in [6, 6.07) is 1.79. The molecule has 0 aliphatic heterocycles. The van der Waals surface area contributed by atoms with Gasteiger partial charge in [0, 0.05) is 4.88 Å². The summed E-state index contributed by atoms with van der Waals surface area (Å²) in [4.78, 5) is 13.3. The third-order valence-corrected chi connectivity index (χ3v) is 4.12. The van der Waals surface area contributed by atoms with Crippen molar-refractivity contribution in [3.8, 4) is 0 Å². The molecule has 0 saturated carbocycles. The van der Waals surface area contributed by atoms with Crippen LogP contribution < -0.4 is 11.1 Å². The van der Waals surface area contributed by atoms with Gasteiger partial charge in [-0.15, -0.1) is 17.9 Å². The van der Waals surface area contributed by atoms with E-state index in [1.165, 1.54) is 10.4 Å². The molecule has 1 amide bonds. The SMILES string of the molecule is C=CCC(N)C(=O)NC1CCCc2sccc21. The van der Waals surface area contributed by atoms with Gasteiger partial charge in [-0.3, -0.25) is 4.79 Å². The molecule has 1 aliphatic rings. The number of thiophene rings is 1. The average Bonchev–Trinajstić information content (AvgIpc) is 2.78. The van der Waals surface area contributed by atoms with Crippen molar-refractivity contribution in [2.45, 2.75) is 37.8 Å². The highest BCUT2D eigenvalue weighted by Gasteiger charge is 2.24. The van der Waals surface area contributed by atoms with Gasteiger partial charge in [0.05, 0.1) is 12.1 Å². The predicted octanol–water partition coefficient (Wildman–Crippen LogP) is 2.15. The monoisotopic (exact) mass is 250 g/mol. The van der Waals surface area contributed by atoms with Gasteiger partial charge in [-0.1, -0.05) is 6.08 Å². The van der Waals surface area contributed by atoms with E-state index in [0.717, 1.165) is 19.3 Å². The summed E-state index contributed by atoms with van der Waals surface area (Å²) >= 11 is 1.78. The molecule has 1 heterocycles. The molecule has 0 saturated heterocycles. The Morgan fingerprint density at radius 2 is 2.59 bits per heavy atom. The minimum atomic E-state index is -0.475. The summed E-state index contributed by atoms with van der Waals surface area (Å²) in [5.41, 5.74) is 7.04. The lowest BCUT2D eigenvalue weighted by Crippen LogP contribution is -2.42. The first kappa shape index (κ1) is 12.3. The largest absolute Gasteiger partial charge is 0.348 e. The molecule has 0 fully saturated rings. The third kappa shape index (κ3) is 2.76. The lowest BCUT2D eigenvalue weighted by atomic mass is 9.94. The maximum atomic E-state index is 11.9. The Hall–Kier alpha value is -1.13. The number of hydrogen-bond donors (Lipinski definition) is 2. The van der Waals surface area contributed by atoms with E-state index in [1.54, 1.807) is 17.4 Å². The smallest absolute Gasteiger partial charge is 0.237 e. The number of rotatable bonds is 4. The van der Waals surface area contributed by atoms with Gasteiger partial charge in [0.2, 0.25) is 5.91 Å². The van der Waals surface area contributed by atoms with Crippen molar-refractivity contribution in [3.05, 3.63) is 34.5 Å². The summed E-state index contributed by atoms with van der Waals surface area (Å²) in [6.07, 6.45) is 5.49. The molecular formula is C13H18N2OS. The van der Waals surface area contributed by atoms with Crippen LogP contribution in [0.15, 0.2) is 24.1 Å². The Bertz CT molecular complexity index is 413. The molecule has 0 aromatic carbocycles. The van der Waals surface area contributed by atoms with Gasteiger partial charge in [0.15, 0.2) is 0 Å². The van der Waals surface area contributed by atoms with E-state index in [9.17, 15) is 4.79 Å². The van der Waals surface area contributed by atoms with E-state index in [1.807, 2.05) is 0 Å². The van der Waals surface area contributed by atoms with E-state index in [-0.39, 0.29) is 11.9 Å². The topological polar surface area (TPSA) is 55.1 Å². The zero-order valence-electron chi connectivity index (χ0n) is 9.82. The van der Waals surface area contributed by atoms with Crippen LogP contribution in [0.5, 0.6) is 0 Å². The lowest BCUT2D eigenvalue weighted by Gasteiger charge is -2.25. The minimum absolute atomic E-state index is 0.0750. The zero-order chi connectivity index (χ0) is 12.3. The number of amides is 1. The van der Waals surface area contributed by atoms with Crippen LogP contribution in [-0.2, 0) is 11.2 Å². The molecule has 0 spiro atoms. The Balaban J connectivity index is 2.01. The van der Waals surface area contributed by atoms with E-state index in [4.69, 9.17) is 5.73 Å². The molecule has 0 bridgehead atoms. The molecule has 1 aliphatic carbocycles. The summed E-state index contributed by atoms with van der Waals surface area (Å²) in [6.45, 7) is 3.60. The maximum absolute atomic E-state index is 11.9. The van der Waals surface area contributed by atoms with Crippen LogP contribution in [0.25, 0.3) is 0 Å². The second kappa shape index (κ2) is 5.47. The zero-order valence-corrected chi connectivity index (χ0v) is 10.6. The van der Waals surface area contributed by atoms with Crippen LogP contribution in [0.2, 0.25) is 0 Å². The van der Waals surface area contributed by atoms with Crippen molar-refractivity contribution in [1.82, 2.24) is 5.32 Å². The molecule has 3 N–H and O–H groups in total. The number of aryl methyl sites for hydroxylation is 1. The fourth-order valence-corrected chi connectivity index (χ4v) is 3.19. The number of fused-ring (bicyclic) bond motifs is 1. The van der Waals surface area contributed by atoms with Crippen LogP contribution in [0, 0.1) is 0 Å². The van der Waals surface area contributed by atoms with Crippen molar-refractivity contribution < 1.29 is 4.79 Å². The fraction of sp³-hybridized carbons (Fsp3) is 0.462.